The summed E-state index contributed by atoms with van der Waals surface area (Å²) < 4.78 is 1.30. The highest BCUT2D eigenvalue weighted by Gasteiger charge is 2.54. The molecule has 1 unspecified atom stereocenters. The van der Waals surface area contributed by atoms with Crippen LogP contribution in [0.1, 0.15) is 38.8 Å². The Bertz CT molecular complexity index is 1460. The first kappa shape index (κ1) is 30.3. The van der Waals surface area contributed by atoms with Crippen LogP contribution in [-0.4, -0.2) is 87.9 Å². The fourth-order valence-corrected chi connectivity index (χ4v) is 6.97. The molecule has 4 heterocycles. The van der Waals surface area contributed by atoms with E-state index in [-0.39, 0.29) is 45.5 Å². The summed E-state index contributed by atoms with van der Waals surface area (Å²) in [6.07, 6.45) is 2.13. The normalized spacial score (nSPS) is 18.6. The summed E-state index contributed by atoms with van der Waals surface area (Å²) in [5, 5.41) is 35.0. The number of fused-ring (bicyclic) bond motifs is 1. The lowest BCUT2D eigenvalue weighted by molar-refractivity contribution is -0.150. The summed E-state index contributed by atoms with van der Waals surface area (Å²) in [5.74, 6) is -2.94. The molecule has 0 bridgehead atoms. The van der Waals surface area contributed by atoms with E-state index >= 15 is 0 Å². The summed E-state index contributed by atoms with van der Waals surface area (Å²) in [6.45, 7) is 4.41. The number of anilines is 1. The van der Waals surface area contributed by atoms with Gasteiger partial charge in [0.15, 0.2) is 16.0 Å². The SMILES string of the molecule is CCCCn1c(SCC2=C(C(=O)O)N3C(=O)C(NC(=O)C(=NOCCC)c4csc(N)n4)[C@@H]3SC2)nnc(O)c1=O. The molecule has 4 rings (SSSR count). The van der Waals surface area contributed by atoms with Crippen LogP contribution in [0.4, 0.5) is 5.13 Å². The number of hydrogen-bond acceptors (Lipinski definition) is 14. The average Bonchev–Trinajstić information content (AvgIpc) is 3.38. The number of carbonyl (C=O) groups is 3. The third-order valence-electron chi connectivity index (χ3n) is 5.98. The number of carbonyl (C=O) groups excluding carboxylic acids is 2. The molecule has 220 valence electrons. The number of hydrogen-bond donors (Lipinski definition) is 4. The van der Waals surface area contributed by atoms with Gasteiger partial charge in [-0.15, -0.1) is 33.3 Å². The monoisotopic (exact) mass is 624 g/mol. The molecule has 2 aromatic rings. The van der Waals surface area contributed by atoms with E-state index < -0.39 is 40.6 Å². The molecule has 2 atom stereocenters. The van der Waals surface area contributed by atoms with Gasteiger partial charge in [-0.3, -0.25) is 23.9 Å². The second kappa shape index (κ2) is 13.3. The van der Waals surface area contributed by atoms with Gasteiger partial charge >= 0.3 is 11.5 Å². The van der Waals surface area contributed by atoms with E-state index in [0.717, 1.165) is 34.4 Å². The predicted octanol–water partition coefficient (Wildman–Crippen LogP) is 0.844. The Morgan fingerprint density at radius 1 is 1.29 bits per heavy atom. The van der Waals surface area contributed by atoms with Crippen LogP contribution in [0.15, 0.2) is 31.8 Å². The first-order valence-corrected chi connectivity index (χ1v) is 15.5. The van der Waals surface area contributed by atoms with Crippen LogP contribution in [0.3, 0.4) is 0 Å². The van der Waals surface area contributed by atoms with Crippen molar-refractivity contribution in [2.75, 3.05) is 23.8 Å². The van der Waals surface area contributed by atoms with Gasteiger partial charge in [-0.25, -0.2) is 9.78 Å². The van der Waals surface area contributed by atoms with Gasteiger partial charge in [0.1, 0.15) is 29.4 Å². The molecule has 18 heteroatoms. The highest BCUT2D eigenvalue weighted by atomic mass is 32.2. The Morgan fingerprint density at radius 3 is 2.73 bits per heavy atom. The van der Waals surface area contributed by atoms with Crippen molar-refractivity contribution >= 4 is 63.5 Å². The standard InChI is InChI=1S/C23H28N8O7S3/c1-3-5-6-30-19(35)17(33)27-28-23(30)41-9-11-8-39-20-14(18(34)31(20)15(11)21(36)37)26-16(32)13(29-38-7-4-2)12-10-40-22(24)25-12/h10,14,20H,3-9H2,1-2H3,(H2,24,25)(H,26,32)(H,27,33)(H,36,37)/t14?,20-/m0/s1. The zero-order valence-electron chi connectivity index (χ0n) is 22.1. The maximum absolute atomic E-state index is 13.1. The van der Waals surface area contributed by atoms with Crippen molar-refractivity contribution in [3.8, 4) is 5.88 Å². The van der Waals surface area contributed by atoms with E-state index in [0.29, 0.717) is 25.0 Å². The first-order chi connectivity index (χ1) is 19.7. The lowest BCUT2D eigenvalue weighted by atomic mass is 10.0. The van der Waals surface area contributed by atoms with Gasteiger partial charge in [-0.05, 0) is 18.4 Å². The molecule has 5 N–H and O–H groups in total. The van der Waals surface area contributed by atoms with E-state index in [1.807, 2.05) is 13.8 Å². The van der Waals surface area contributed by atoms with Crippen molar-refractivity contribution in [1.29, 1.82) is 0 Å². The maximum Gasteiger partial charge on any atom is 0.352 e. The van der Waals surface area contributed by atoms with Crippen molar-refractivity contribution in [3.63, 3.8) is 0 Å². The van der Waals surface area contributed by atoms with Crippen LogP contribution in [0.5, 0.6) is 5.88 Å². The predicted molar refractivity (Wildman–Crippen MR) is 153 cm³/mol. The Labute approximate surface area is 246 Å². The number of carboxylic acid groups (broad SMARTS) is 1. The molecule has 41 heavy (non-hydrogen) atoms. The van der Waals surface area contributed by atoms with Crippen molar-refractivity contribution in [1.82, 2.24) is 30.0 Å². The minimum atomic E-state index is -1.29. The van der Waals surface area contributed by atoms with Crippen LogP contribution < -0.4 is 16.6 Å². The molecular formula is C23H28N8O7S3. The Morgan fingerprint density at radius 2 is 2.07 bits per heavy atom. The average molecular weight is 625 g/mol. The number of nitrogen functional groups attached to an aromatic ring is 1. The lowest BCUT2D eigenvalue weighted by Gasteiger charge is -2.49. The van der Waals surface area contributed by atoms with Crippen molar-refractivity contribution in [2.45, 2.75) is 56.2 Å². The van der Waals surface area contributed by atoms with Crippen LogP contribution in [0.25, 0.3) is 0 Å². The molecule has 2 aromatic heterocycles. The van der Waals surface area contributed by atoms with E-state index in [1.165, 1.54) is 16.3 Å². The number of unbranched alkanes of at least 4 members (excludes halogenated alkanes) is 1. The van der Waals surface area contributed by atoms with Crippen molar-refractivity contribution in [2.24, 2.45) is 5.16 Å². The third kappa shape index (κ3) is 6.48. The second-order valence-corrected chi connectivity index (χ2v) is 11.8. The van der Waals surface area contributed by atoms with E-state index in [1.54, 1.807) is 5.38 Å². The second-order valence-electron chi connectivity index (χ2n) is 8.87. The van der Waals surface area contributed by atoms with Gasteiger partial charge in [-0.2, -0.15) is 0 Å². The van der Waals surface area contributed by atoms with Gasteiger partial charge in [-0.1, -0.05) is 37.2 Å². The first-order valence-electron chi connectivity index (χ1n) is 12.6. The highest BCUT2D eigenvalue weighted by Crippen LogP contribution is 2.41. The lowest BCUT2D eigenvalue weighted by Crippen LogP contribution is -2.71. The fraction of sp³-hybridized carbons (Fsp3) is 0.478. The molecule has 2 aliphatic rings. The molecule has 1 saturated heterocycles. The number of aromatic nitrogens is 4. The van der Waals surface area contributed by atoms with Gasteiger partial charge in [0.05, 0.1) is 0 Å². The molecule has 0 radical (unpaired) electrons. The molecule has 2 aliphatic heterocycles. The largest absolute Gasteiger partial charge is 0.488 e. The van der Waals surface area contributed by atoms with Crippen LogP contribution in [0.2, 0.25) is 0 Å². The summed E-state index contributed by atoms with van der Waals surface area (Å²) in [6, 6.07) is -0.995. The molecular weight excluding hydrogens is 597 g/mol. The Kier molecular flexibility index (Phi) is 9.87. The highest BCUT2D eigenvalue weighted by molar-refractivity contribution is 8.01. The fourth-order valence-electron chi connectivity index (χ4n) is 3.97. The molecule has 0 saturated carbocycles. The smallest absolute Gasteiger partial charge is 0.352 e. The van der Waals surface area contributed by atoms with Gasteiger partial charge in [0.25, 0.3) is 17.7 Å². The number of nitrogens with one attached hydrogen (secondary N) is 1. The number of aliphatic carboxylic acids is 1. The maximum atomic E-state index is 13.1. The summed E-state index contributed by atoms with van der Waals surface area (Å²) in [4.78, 5) is 61.3. The number of β-lactam (4-membered cyclic amide) rings is 1. The molecule has 2 amide bonds. The zero-order valence-corrected chi connectivity index (χ0v) is 24.6. The van der Waals surface area contributed by atoms with Crippen LogP contribution >= 0.6 is 34.9 Å². The molecule has 0 aromatic carbocycles. The quantitative estimate of drug-likeness (QED) is 0.0800. The van der Waals surface area contributed by atoms with Crippen LogP contribution in [0, 0.1) is 0 Å². The number of thioether (sulfide) groups is 2. The molecule has 15 nitrogen and oxygen atoms in total. The number of aromatic hydroxyl groups is 1. The minimum Gasteiger partial charge on any atom is -0.488 e. The Hall–Kier alpha value is -3.64. The van der Waals surface area contributed by atoms with E-state index in [2.05, 4.69) is 25.7 Å². The third-order valence-corrected chi connectivity index (χ3v) is 9.04. The molecule has 0 aliphatic carbocycles. The van der Waals surface area contributed by atoms with E-state index in [4.69, 9.17) is 10.6 Å². The number of oxime groups is 1. The number of nitrogens with zero attached hydrogens (tertiary/aromatic N) is 6. The number of amides is 2. The number of thiazole rings is 1. The topological polar surface area (TPSA) is 215 Å². The number of carboxylic acids is 1. The van der Waals surface area contributed by atoms with Crippen molar-refractivity contribution in [3.05, 3.63) is 32.7 Å². The van der Waals surface area contributed by atoms with Gasteiger partial charge < -0.3 is 26.1 Å². The summed E-state index contributed by atoms with van der Waals surface area (Å²) >= 11 is 3.50. The molecule has 0 spiro atoms. The van der Waals surface area contributed by atoms with Gasteiger partial charge in [0.2, 0.25) is 0 Å². The summed E-state index contributed by atoms with van der Waals surface area (Å²) in [7, 11) is 0. The zero-order chi connectivity index (χ0) is 29.7. The minimum absolute atomic E-state index is 0.115. The summed E-state index contributed by atoms with van der Waals surface area (Å²) in [5.41, 5.74) is 5.33. The van der Waals surface area contributed by atoms with Crippen LogP contribution in [-0.2, 0) is 25.8 Å². The number of nitrogens with two attached hydrogens (primary N) is 1. The Balaban J connectivity index is 1.51. The number of rotatable bonds is 13. The van der Waals surface area contributed by atoms with Crippen molar-refractivity contribution < 1.29 is 29.4 Å². The van der Waals surface area contributed by atoms with Gasteiger partial charge in [0, 0.05) is 23.4 Å². The van der Waals surface area contributed by atoms with E-state index in [9.17, 15) is 29.4 Å². The molecule has 1 fully saturated rings.